The molecule has 0 spiro atoms. The second-order valence-corrected chi connectivity index (χ2v) is 5.26. The maximum Gasteiger partial charge on any atom is -0.0360 e. The van der Waals surface area contributed by atoms with Crippen LogP contribution in [0, 0.1) is 23.7 Å². The molecule has 0 saturated heterocycles. The Kier molecular flexibility index (Phi) is 2.43. The molecule has 0 aromatic rings. The highest BCUT2D eigenvalue weighted by molar-refractivity contribution is 4.85. The van der Waals surface area contributed by atoms with E-state index >= 15 is 0 Å². The van der Waals surface area contributed by atoms with Crippen molar-refractivity contribution in [2.24, 2.45) is 23.7 Å². The van der Waals surface area contributed by atoms with E-state index in [0.29, 0.717) is 0 Å². The quantitative estimate of drug-likeness (QED) is 0.512. The predicted octanol–water partition coefficient (Wildman–Crippen LogP) is 3.86. The molecule has 0 heterocycles. The van der Waals surface area contributed by atoms with E-state index in [1.54, 1.807) is 12.8 Å². The summed E-state index contributed by atoms with van der Waals surface area (Å²) in [5.41, 5.74) is 0. The average Bonchev–Trinajstić information content (AvgIpc) is 2.04. The van der Waals surface area contributed by atoms with Gasteiger partial charge in [-0.15, -0.1) is 0 Å². The summed E-state index contributed by atoms with van der Waals surface area (Å²) in [7, 11) is 0. The highest BCUT2D eigenvalue weighted by Crippen LogP contribution is 2.45. The van der Waals surface area contributed by atoms with Crippen molar-refractivity contribution in [3.05, 3.63) is 0 Å². The molecule has 0 N–H and O–H groups in total. The van der Waals surface area contributed by atoms with Gasteiger partial charge in [0.05, 0.1) is 0 Å². The molecule has 0 amide bonds. The third-order valence-electron chi connectivity index (χ3n) is 4.18. The Bertz CT molecular complexity index is 150. The molecule has 70 valence electrons. The average molecular weight is 166 g/mol. The number of rotatable bonds is 0. The highest BCUT2D eigenvalue weighted by atomic mass is 14.4. The van der Waals surface area contributed by atoms with Gasteiger partial charge >= 0.3 is 0 Å². The van der Waals surface area contributed by atoms with Gasteiger partial charge in [-0.2, -0.15) is 0 Å². The van der Waals surface area contributed by atoms with Crippen molar-refractivity contribution in [1.82, 2.24) is 0 Å². The van der Waals surface area contributed by atoms with Gasteiger partial charge in [0, 0.05) is 0 Å². The van der Waals surface area contributed by atoms with E-state index in [2.05, 4.69) is 13.8 Å². The topological polar surface area (TPSA) is 0 Å². The minimum absolute atomic E-state index is 1.01. The summed E-state index contributed by atoms with van der Waals surface area (Å²) in [5.74, 6) is 4.26. The SMILES string of the molecule is C[C@H]1C[C@H]2CCCC[C@@H]2[C@H](C)C1. The fourth-order valence-corrected chi connectivity index (χ4v) is 3.70. The van der Waals surface area contributed by atoms with E-state index in [1.165, 1.54) is 25.7 Å². The van der Waals surface area contributed by atoms with E-state index in [4.69, 9.17) is 0 Å². The third-order valence-corrected chi connectivity index (χ3v) is 4.18. The van der Waals surface area contributed by atoms with Crippen molar-refractivity contribution in [3.63, 3.8) is 0 Å². The second-order valence-electron chi connectivity index (χ2n) is 5.26. The van der Waals surface area contributed by atoms with Crippen molar-refractivity contribution in [2.75, 3.05) is 0 Å². The summed E-state index contributed by atoms with van der Waals surface area (Å²) in [6, 6.07) is 0. The molecular weight excluding hydrogens is 144 g/mol. The van der Waals surface area contributed by atoms with Crippen LogP contribution in [0.3, 0.4) is 0 Å². The fourth-order valence-electron chi connectivity index (χ4n) is 3.70. The van der Waals surface area contributed by atoms with Gasteiger partial charge in [-0.25, -0.2) is 0 Å². The van der Waals surface area contributed by atoms with E-state index in [9.17, 15) is 0 Å². The molecule has 4 atom stereocenters. The molecule has 0 nitrogen and oxygen atoms in total. The van der Waals surface area contributed by atoms with Crippen LogP contribution in [0.25, 0.3) is 0 Å². The predicted molar refractivity (Wildman–Crippen MR) is 53.0 cm³/mol. The smallest absolute Gasteiger partial charge is 0.0360 e. The lowest BCUT2D eigenvalue weighted by Crippen LogP contribution is -2.32. The number of fused-ring (bicyclic) bond motifs is 1. The first-order chi connectivity index (χ1) is 5.77. The Morgan fingerprint density at radius 2 is 1.67 bits per heavy atom. The van der Waals surface area contributed by atoms with Crippen LogP contribution in [0.15, 0.2) is 0 Å². The summed E-state index contributed by atoms with van der Waals surface area (Å²) in [5, 5.41) is 0. The monoisotopic (exact) mass is 166 g/mol. The molecule has 0 bridgehead atoms. The molecular formula is C12H22. The molecule has 2 aliphatic carbocycles. The van der Waals surface area contributed by atoms with Crippen LogP contribution < -0.4 is 0 Å². The summed E-state index contributed by atoms with van der Waals surface area (Å²) < 4.78 is 0. The minimum atomic E-state index is 1.01. The zero-order valence-electron chi connectivity index (χ0n) is 8.55. The van der Waals surface area contributed by atoms with Crippen molar-refractivity contribution in [2.45, 2.75) is 52.4 Å². The highest BCUT2D eigenvalue weighted by Gasteiger charge is 2.34. The molecule has 0 unspecified atom stereocenters. The number of hydrogen-bond donors (Lipinski definition) is 0. The molecule has 2 rings (SSSR count). The van der Waals surface area contributed by atoms with Crippen LogP contribution >= 0.6 is 0 Å². The lowest BCUT2D eigenvalue weighted by molar-refractivity contribution is 0.0827. The van der Waals surface area contributed by atoms with Crippen LogP contribution in [-0.2, 0) is 0 Å². The van der Waals surface area contributed by atoms with Gasteiger partial charge in [0.15, 0.2) is 0 Å². The maximum absolute atomic E-state index is 2.48. The normalized spacial score (nSPS) is 48.5. The zero-order chi connectivity index (χ0) is 8.55. The Hall–Kier alpha value is 0. The van der Waals surface area contributed by atoms with Gasteiger partial charge in [0.25, 0.3) is 0 Å². The summed E-state index contributed by atoms with van der Waals surface area (Å²) >= 11 is 0. The molecule has 0 aromatic carbocycles. The van der Waals surface area contributed by atoms with Crippen molar-refractivity contribution in [1.29, 1.82) is 0 Å². The largest absolute Gasteiger partial charge is 0.0625 e. The molecule has 2 saturated carbocycles. The van der Waals surface area contributed by atoms with Crippen LogP contribution in [0.5, 0.6) is 0 Å². The fraction of sp³-hybridized carbons (Fsp3) is 1.00. The summed E-state index contributed by atoms with van der Waals surface area (Å²) in [6.07, 6.45) is 9.15. The van der Waals surface area contributed by atoms with E-state index < -0.39 is 0 Å². The van der Waals surface area contributed by atoms with Gasteiger partial charge in [0.2, 0.25) is 0 Å². The molecule has 2 fully saturated rings. The van der Waals surface area contributed by atoms with Gasteiger partial charge in [-0.3, -0.25) is 0 Å². The molecule has 0 aromatic heterocycles. The molecule has 0 heteroatoms. The standard InChI is InChI=1S/C12H22/c1-9-7-10(2)12-6-4-3-5-11(12)8-9/h9-12H,3-8H2,1-2H3/t9-,10-,11-,12-/m1/s1. The summed E-state index contributed by atoms with van der Waals surface area (Å²) in [6.45, 7) is 4.93. The third kappa shape index (κ3) is 1.53. The van der Waals surface area contributed by atoms with Crippen LogP contribution in [0.2, 0.25) is 0 Å². The first-order valence-electron chi connectivity index (χ1n) is 5.77. The number of hydrogen-bond acceptors (Lipinski definition) is 0. The van der Waals surface area contributed by atoms with Gasteiger partial charge in [0.1, 0.15) is 0 Å². The van der Waals surface area contributed by atoms with E-state index in [1.807, 2.05) is 0 Å². The zero-order valence-corrected chi connectivity index (χ0v) is 8.55. The Balaban J connectivity index is 2.01. The van der Waals surface area contributed by atoms with Crippen LogP contribution in [0.4, 0.5) is 0 Å². The Morgan fingerprint density at radius 1 is 0.917 bits per heavy atom. The van der Waals surface area contributed by atoms with E-state index in [-0.39, 0.29) is 0 Å². The Labute approximate surface area is 76.7 Å². The van der Waals surface area contributed by atoms with Crippen LogP contribution in [0.1, 0.15) is 52.4 Å². The molecule has 12 heavy (non-hydrogen) atoms. The minimum Gasteiger partial charge on any atom is -0.0625 e. The maximum atomic E-state index is 2.48. The van der Waals surface area contributed by atoms with Gasteiger partial charge in [-0.1, -0.05) is 33.1 Å². The molecule has 2 aliphatic rings. The summed E-state index contributed by atoms with van der Waals surface area (Å²) in [4.78, 5) is 0. The van der Waals surface area contributed by atoms with Crippen molar-refractivity contribution in [3.8, 4) is 0 Å². The second kappa shape index (κ2) is 3.40. The lowest BCUT2D eigenvalue weighted by Gasteiger charge is -2.42. The van der Waals surface area contributed by atoms with E-state index in [0.717, 1.165) is 23.7 Å². The van der Waals surface area contributed by atoms with Crippen molar-refractivity contribution < 1.29 is 0 Å². The molecule has 0 radical (unpaired) electrons. The van der Waals surface area contributed by atoms with Gasteiger partial charge in [-0.05, 0) is 42.9 Å². The van der Waals surface area contributed by atoms with Gasteiger partial charge < -0.3 is 0 Å². The molecule has 0 aliphatic heterocycles. The Morgan fingerprint density at radius 3 is 2.50 bits per heavy atom. The first kappa shape index (κ1) is 8.59. The lowest BCUT2D eigenvalue weighted by atomic mass is 9.63. The van der Waals surface area contributed by atoms with Crippen molar-refractivity contribution >= 4 is 0 Å². The first-order valence-corrected chi connectivity index (χ1v) is 5.77. The van der Waals surface area contributed by atoms with Crippen LogP contribution in [-0.4, -0.2) is 0 Å².